The summed E-state index contributed by atoms with van der Waals surface area (Å²) >= 11 is 0. The summed E-state index contributed by atoms with van der Waals surface area (Å²) in [6.45, 7) is 4.14. The van der Waals surface area contributed by atoms with Crippen molar-refractivity contribution in [2.45, 2.75) is 13.8 Å². The van der Waals surface area contributed by atoms with E-state index in [0.29, 0.717) is 6.54 Å². The minimum atomic E-state index is 0.00538. The maximum atomic E-state index is 10.7. The van der Waals surface area contributed by atoms with Crippen LogP contribution in [-0.4, -0.2) is 12.5 Å². The van der Waals surface area contributed by atoms with Gasteiger partial charge in [0, 0.05) is 13.5 Å². The van der Waals surface area contributed by atoms with Crippen molar-refractivity contribution in [2.75, 3.05) is 6.54 Å². The highest BCUT2D eigenvalue weighted by Crippen LogP contribution is 2.04. The van der Waals surface area contributed by atoms with Gasteiger partial charge >= 0.3 is 0 Å². The second kappa shape index (κ2) is 5.22. The van der Waals surface area contributed by atoms with Gasteiger partial charge in [0.25, 0.3) is 0 Å². The second-order valence-electron chi connectivity index (χ2n) is 3.31. The number of hydrogen-bond donors (Lipinski definition) is 1. The van der Waals surface area contributed by atoms with Crippen molar-refractivity contribution in [2.24, 2.45) is 0 Å². The molecule has 1 N–H and O–H groups in total. The van der Waals surface area contributed by atoms with E-state index in [4.69, 9.17) is 0 Å². The molecular formula is C12H15NO. The first-order chi connectivity index (χ1) is 6.68. The number of benzene rings is 1. The molecule has 0 radical (unpaired) electrons. The monoisotopic (exact) mass is 189 g/mol. The molecule has 74 valence electrons. The largest absolute Gasteiger partial charge is 0.353 e. The minimum absolute atomic E-state index is 0.00538. The molecule has 0 unspecified atom stereocenters. The third-order valence-electron chi connectivity index (χ3n) is 1.83. The SMILES string of the molecule is CC(=O)NCC(C)=Cc1ccccc1. The zero-order valence-electron chi connectivity index (χ0n) is 8.58. The summed E-state index contributed by atoms with van der Waals surface area (Å²) in [5.41, 5.74) is 2.31. The van der Waals surface area contributed by atoms with Crippen LogP contribution in [0.15, 0.2) is 35.9 Å². The lowest BCUT2D eigenvalue weighted by Gasteiger charge is -2.02. The average Bonchev–Trinajstić information content (AvgIpc) is 2.16. The molecule has 0 bridgehead atoms. The van der Waals surface area contributed by atoms with Gasteiger partial charge in [-0.1, -0.05) is 42.0 Å². The number of amides is 1. The van der Waals surface area contributed by atoms with Gasteiger partial charge in [-0.3, -0.25) is 4.79 Å². The number of hydrogen-bond acceptors (Lipinski definition) is 1. The highest BCUT2D eigenvalue weighted by atomic mass is 16.1. The molecule has 0 heterocycles. The van der Waals surface area contributed by atoms with Crippen molar-refractivity contribution < 1.29 is 4.79 Å². The van der Waals surface area contributed by atoms with E-state index >= 15 is 0 Å². The van der Waals surface area contributed by atoms with Gasteiger partial charge in [-0.2, -0.15) is 0 Å². The number of carbonyl (C=O) groups is 1. The predicted octanol–water partition coefficient (Wildman–Crippen LogP) is 2.23. The van der Waals surface area contributed by atoms with Gasteiger partial charge < -0.3 is 5.32 Å². The fourth-order valence-electron chi connectivity index (χ4n) is 1.15. The molecule has 1 aromatic rings. The van der Waals surface area contributed by atoms with E-state index in [-0.39, 0.29) is 5.91 Å². The van der Waals surface area contributed by atoms with E-state index in [1.54, 1.807) is 0 Å². The second-order valence-corrected chi connectivity index (χ2v) is 3.31. The van der Waals surface area contributed by atoms with Crippen molar-refractivity contribution in [3.8, 4) is 0 Å². The third kappa shape index (κ3) is 3.90. The molecule has 0 fully saturated rings. The van der Waals surface area contributed by atoms with Crippen LogP contribution in [-0.2, 0) is 4.79 Å². The van der Waals surface area contributed by atoms with Crippen LogP contribution in [0, 0.1) is 0 Å². The Hall–Kier alpha value is -1.57. The van der Waals surface area contributed by atoms with E-state index in [9.17, 15) is 4.79 Å². The van der Waals surface area contributed by atoms with Crippen molar-refractivity contribution in [1.82, 2.24) is 5.32 Å². The Bertz CT molecular complexity index is 327. The summed E-state index contributed by atoms with van der Waals surface area (Å²) in [6, 6.07) is 10.1. The van der Waals surface area contributed by atoms with Crippen LogP contribution in [0.4, 0.5) is 0 Å². The van der Waals surface area contributed by atoms with Gasteiger partial charge in [-0.25, -0.2) is 0 Å². The fourth-order valence-corrected chi connectivity index (χ4v) is 1.15. The fraction of sp³-hybridized carbons (Fsp3) is 0.250. The van der Waals surface area contributed by atoms with Crippen molar-refractivity contribution in [3.05, 3.63) is 41.5 Å². The Morgan fingerprint density at radius 2 is 1.93 bits per heavy atom. The Balaban J connectivity index is 2.56. The third-order valence-corrected chi connectivity index (χ3v) is 1.83. The lowest BCUT2D eigenvalue weighted by atomic mass is 10.1. The topological polar surface area (TPSA) is 29.1 Å². The standard InChI is InChI=1S/C12H15NO/c1-10(9-13-11(2)14)8-12-6-4-3-5-7-12/h3-8H,9H2,1-2H3,(H,13,14). The van der Waals surface area contributed by atoms with Gasteiger partial charge in [0.05, 0.1) is 0 Å². The molecule has 0 saturated heterocycles. The van der Waals surface area contributed by atoms with Crippen LogP contribution in [0.2, 0.25) is 0 Å². The van der Waals surface area contributed by atoms with Gasteiger partial charge in [-0.15, -0.1) is 0 Å². The molecule has 1 rings (SSSR count). The molecule has 0 aliphatic rings. The van der Waals surface area contributed by atoms with Crippen LogP contribution < -0.4 is 5.32 Å². The number of nitrogens with one attached hydrogen (secondary N) is 1. The van der Waals surface area contributed by atoms with E-state index < -0.39 is 0 Å². The van der Waals surface area contributed by atoms with Gasteiger partial charge in [0.1, 0.15) is 0 Å². The lowest BCUT2D eigenvalue weighted by molar-refractivity contribution is -0.118. The minimum Gasteiger partial charge on any atom is -0.353 e. The maximum Gasteiger partial charge on any atom is 0.217 e. The van der Waals surface area contributed by atoms with E-state index in [1.807, 2.05) is 37.3 Å². The Morgan fingerprint density at radius 1 is 1.29 bits per heavy atom. The van der Waals surface area contributed by atoms with Crippen LogP contribution in [0.5, 0.6) is 0 Å². The zero-order chi connectivity index (χ0) is 10.4. The van der Waals surface area contributed by atoms with Crippen molar-refractivity contribution >= 4 is 12.0 Å². The summed E-state index contributed by atoms with van der Waals surface area (Å²) < 4.78 is 0. The normalized spacial score (nSPS) is 11.1. The predicted molar refractivity (Wildman–Crippen MR) is 58.8 cm³/mol. The molecule has 1 aromatic carbocycles. The smallest absolute Gasteiger partial charge is 0.217 e. The molecule has 14 heavy (non-hydrogen) atoms. The Kier molecular flexibility index (Phi) is 3.92. The van der Waals surface area contributed by atoms with Gasteiger partial charge in [0.2, 0.25) is 5.91 Å². The van der Waals surface area contributed by atoms with Crippen LogP contribution >= 0.6 is 0 Å². The summed E-state index contributed by atoms with van der Waals surface area (Å²) in [5, 5.41) is 2.76. The number of carbonyl (C=O) groups excluding carboxylic acids is 1. The molecule has 2 nitrogen and oxygen atoms in total. The molecule has 0 spiro atoms. The van der Waals surface area contributed by atoms with Crippen LogP contribution in [0.3, 0.4) is 0 Å². The molecular weight excluding hydrogens is 174 g/mol. The lowest BCUT2D eigenvalue weighted by Crippen LogP contribution is -2.21. The molecule has 0 atom stereocenters. The highest BCUT2D eigenvalue weighted by molar-refractivity contribution is 5.73. The Labute approximate surface area is 84.6 Å². The summed E-state index contributed by atoms with van der Waals surface area (Å²) in [7, 11) is 0. The summed E-state index contributed by atoms with van der Waals surface area (Å²) in [6.07, 6.45) is 2.07. The molecule has 0 aliphatic heterocycles. The van der Waals surface area contributed by atoms with Crippen molar-refractivity contribution in [1.29, 1.82) is 0 Å². The highest BCUT2D eigenvalue weighted by Gasteiger charge is 1.92. The van der Waals surface area contributed by atoms with Gasteiger partial charge in [-0.05, 0) is 12.5 Å². The van der Waals surface area contributed by atoms with E-state index in [1.165, 1.54) is 6.92 Å². The summed E-state index contributed by atoms with van der Waals surface area (Å²) in [4.78, 5) is 10.7. The van der Waals surface area contributed by atoms with E-state index in [2.05, 4.69) is 11.4 Å². The van der Waals surface area contributed by atoms with E-state index in [0.717, 1.165) is 11.1 Å². The summed E-state index contributed by atoms with van der Waals surface area (Å²) in [5.74, 6) is 0.00538. The van der Waals surface area contributed by atoms with Crippen molar-refractivity contribution in [3.63, 3.8) is 0 Å². The first-order valence-corrected chi connectivity index (χ1v) is 4.65. The quantitative estimate of drug-likeness (QED) is 0.776. The first-order valence-electron chi connectivity index (χ1n) is 4.65. The molecule has 0 saturated carbocycles. The first kappa shape index (κ1) is 10.5. The Morgan fingerprint density at radius 3 is 2.50 bits per heavy atom. The maximum absolute atomic E-state index is 10.7. The molecule has 2 heteroatoms. The molecule has 1 amide bonds. The molecule has 0 aromatic heterocycles. The average molecular weight is 189 g/mol. The number of rotatable bonds is 3. The van der Waals surface area contributed by atoms with Crippen LogP contribution in [0.25, 0.3) is 6.08 Å². The zero-order valence-corrected chi connectivity index (χ0v) is 8.58. The molecule has 0 aliphatic carbocycles. The van der Waals surface area contributed by atoms with Crippen LogP contribution in [0.1, 0.15) is 19.4 Å². The van der Waals surface area contributed by atoms with Gasteiger partial charge in [0.15, 0.2) is 0 Å².